The van der Waals surface area contributed by atoms with Gasteiger partial charge in [0.1, 0.15) is 4.60 Å². The van der Waals surface area contributed by atoms with Gasteiger partial charge in [-0.25, -0.2) is 4.98 Å². The molecule has 0 amide bonds. The molecular weight excluding hydrogens is 306 g/mol. The van der Waals surface area contributed by atoms with Gasteiger partial charge in [-0.2, -0.15) is 0 Å². The summed E-state index contributed by atoms with van der Waals surface area (Å²) >= 11 is 6.76. The number of aromatic nitrogens is 1. The van der Waals surface area contributed by atoms with Crippen molar-refractivity contribution in [3.05, 3.63) is 32.5 Å². The van der Waals surface area contributed by atoms with Gasteiger partial charge in [0.15, 0.2) is 0 Å². The molecule has 0 saturated carbocycles. The van der Waals surface area contributed by atoms with Gasteiger partial charge in [0.05, 0.1) is 4.47 Å². The molecule has 0 bridgehead atoms. The topological polar surface area (TPSA) is 12.9 Å². The van der Waals surface area contributed by atoms with Crippen LogP contribution in [0.25, 0.3) is 6.08 Å². The van der Waals surface area contributed by atoms with E-state index in [-0.39, 0.29) is 0 Å². The second-order valence-corrected chi connectivity index (χ2v) is 4.04. The smallest absolute Gasteiger partial charge is 0.120 e. The molecule has 0 atom stereocenters. The maximum Gasteiger partial charge on any atom is 0.120 e. The third-order valence-electron chi connectivity index (χ3n) is 1.51. The van der Waals surface area contributed by atoms with E-state index in [1.54, 1.807) is 0 Å². The summed E-state index contributed by atoms with van der Waals surface area (Å²) in [5.74, 6) is 0. The van der Waals surface area contributed by atoms with Crippen LogP contribution in [0, 0.1) is 6.92 Å². The number of aryl methyl sites for hydroxylation is 1. The predicted molar refractivity (Wildman–Crippen MR) is 70.4 cm³/mol. The predicted octanol–water partition coefficient (Wildman–Crippen LogP) is 4.97. The normalized spacial score (nSPS) is 9.86. The molecule has 78 valence electrons. The molecule has 1 heterocycles. The highest BCUT2D eigenvalue weighted by atomic mass is 79.9. The molecule has 0 fully saturated rings. The van der Waals surface area contributed by atoms with Crippen molar-refractivity contribution in [2.24, 2.45) is 0 Å². The van der Waals surface area contributed by atoms with Gasteiger partial charge >= 0.3 is 0 Å². The Balaban J connectivity index is 0.000000791. The lowest BCUT2D eigenvalue weighted by atomic mass is 10.2. The lowest BCUT2D eigenvalue weighted by Crippen LogP contribution is -1.88. The Morgan fingerprint density at radius 3 is 2.36 bits per heavy atom. The first kappa shape index (κ1) is 13.8. The molecule has 1 rings (SSSR count). The van der Waals surface area contributed by atoms with Crippen LogP contribution in [0.1, 0.15) is 32.0 Å². The van der Waals surface area contributed by atoms with Crippen molar-refractivity contribution in [1.82, 2.24) is 4.98 Å². The third-order valence-corrected chi connectivity index (χ3v) is 3.25. The summed E-state index contributed by atoms with van der Waals surface area (Å²) in [6, 6.07) is 2.05. The molecule has 1 aromatic heterocycles. The Morgan fingerprint density at radius 1 is 1.29 bits per heavy atom. The van der Waals surface area contributed by atoms with E-state index in [0.717, 1.165) is 20.3 Å². The minimum atomic E-state index is 0.855. The van der Waals surface area contributed by atoms with Crippen molar-refractivity contribution < 1.29 is 0 Å². The van der Waals surface area contributed by atoms with E-state index in [1.807, 2.05) is 45.9 Å². The van der Waals surface area contributed by atoms with Crippen molar-refractivity contribution in [3.63, 3.8) is 0 Å². The molecular formula is C11H15Br2N. The monoisotopic (exact) mass is 319 g/mol. The van der Waals surface area contributed by atoms with E-state index in [4.69, 9.17) is 0 Å². The number of pyridine rings is 1. The number of hydrogen-bond donors (Lipinski definition) is 0. The summed E-state index contributed by atoms with van der Waals surface area (Å²) in [5.41, 5.74) is 2.18. The molecule has 14 heavy (non-hydrogen) atoms. The summed E-state index contributed by atoms with van der Waals surface area (Å²) in [5, 5.41) is 0. The largest absolute Gasteiger partial charge is 0.244 e. The van der Waals surface area contributed by atoms with Gasteiger partial charge in [-0.3, -0.25) is 0 Å². The second-order valence-electron chi connectivity index (χ2n) is 2.44. The second kappa shape index (κ2) is 7.18. The highest BCUT2D eigenvalue weighted by Gasteiger charge is 2.01. The van der Waals surface area contributed by atoms with Crippen LogP contribution in [0.2, 0.25) is 0 Å². The van der Waals surface area contributed by atoms with Crippen molar-refractivity contribution in [2.75, 3.05) is 0 Å². The zero-order valence-corrected chi connectivity index (χ0v) is 12.1. The van der Waals surface area contributed by atoms with Crippen LogP contribution in [0.4, 0.5) is 0 Å². The summed E-state index contributed by atoms with van der Waals surface area (Å²) in [7, 11) is 0. The first-order valence-corrected chi connectivity index (χ1v) is 6.19. The maximum absolute atomic E-state index is 4.31. The lowest BCUT2D eigenvalue weighted by Gasteiger charge is -2.01. The first-order valence-electron chi connectivity index (χ1n) is 4.60. The molecule has 0 spiro atoms. The Hall–Kier alpha value is -0.150. The standard InChI is InChI=1S/C9H9Br2N.C2H6/c1-3-4-7-5-8(10)9(11)12-6(7)2;1-2/h3-5H,1-2H3;1-2H3/b4-3-;. The minimum Gasteiger partial charge on any atom is -0.244 e. The van der Waals surface area contributed by atoms with Gasteiger partial charge in [-0.05, 0) is 57.3 Å². The Bertz CT molecular complexity index is 319. The Labute approximate surface area is 103 Å². The molecule has 0 aliphatic carbocycles. The van der Waals surface area contributed by atoms with Crippen LogP contribution in [0.15, 0.2) is 21.2 Å². The molecule has 0 radical (unpaired) electrons. The van der Waals surface area contributed by atoms with Gasteiger partial charge < -0.3 is 0 Å². The summed E-state index contributed by atoms with van der Waals surface area (Å²) < 4.78 is 1.84. The van der Waals surface area contributed by atoms with Gasteiger partial charge in [-0.1, -0.05) is 26.0 Å². The fraction of sp³-hybridized carbons (Fsp3) is 0.364. The molecule has 0 saturated heterocycles. The van der Waals surface area contributed by atoms with Crippen molar-refractivity contribution in [3.8, 4) is 0 Å². The number of allylic oxidation sites excluding steroid dienone is 1. The van der Waals surface area contributed by atoms with Crippen LogP contribution in [0.5, 0.6) is 0 Å². The maximum atomic E-state index is 4.31. The molecule has 0 N–H and O–H groups in total. The minimum absolute atomic E-state index is 0.855. The van der Waals surface area contributed by atoms with E-state index in [0.29, 0.717) is 0 Å². The average Bonchev–Trinajstić information content (AvgIpc) is 2.18. The highest BCUT2D eigenvalue weighted by molar-refractivity contribution is 9.13. The van der Waals surface area contributed by atoms with Gasteiger partial charge in [-0.15, -0.1) is 0 Å². The molecule has 0 aromatic carbocycles. The Morgan fingerprint density at radius 2 is 1.86 bits per heavy atom. The van der Waals surface area contributed by atoms with E-state index < -0.39 is 0 Å². The average molecular weight is 321 g/mol. The molecule has 1 aromatic rings. The fourth-order valence-corrected chi connectivity index (χ4v) is 1.63. The van der Waals surface area contributed by atoms with Crippen LogP contribution in [-0.2, 0) is 0 Å². The van der Waals surface area contributed by atoms with Crippen molar-refractivity contribution >= 4 is 37.9 Å². The molecule has 3 heteroatoms. The summed E-state index contributed by atoms with van der Waals surface area (Å²) in [4.78, 5) is 4.31. The molecule has 1 nitrogen and oxygen atoms in total. The fourth-order valence-electron chi connectivity index (χ4n) is 0.914. The first-order chi connectivity index (χ1) is 6.65. The zero-order chi connectivity index (χ0) is 11.1. The molecule has 0 aliphatic rings. The van der Waals surface area contributed by atoms with Crippen molar-refractivity contribution in [1.29, 1.82) is 0 Å². The van der Waals surface area contributed by atoms with Crippen LogP contribution < -0.4 is 0 Å². The van der Waals surface area contributed by atoms with Gasteiger partial charge in [0.25, 0.3) is 0 Å². The number of hydrogen-bond acceptors (Lipinski definition) is 1. The zero-order valence-electron chi connectivity index (χ0n) is 8.94. The number of halogens is 2. The SMILES string of the molecule is C/C=C\c1cc(Br)c(Br)nc1C.CC. The van der Waals surface area contributed by atoms with Gasteiger partial charge in [0, 0.05) is 5.69 Å². The summed E-state index contributed by atoms with van der Waals surface area (Å²) in [6.45, 7) is 7.99. The van der Waals surface area contributed by atoms with E-state index in [2.05, 4.69) is 36.8 Å². The number of rotatable bonds is 1. The lowest BCUT2D eigenvalue weighted by molar-refractivity contribution is 1.14. The molecule has 0 aliphatic heterocycles. The third kappa shape index (κ3) is 3.93. The van der Waals surface area contributed by atoms with E-state index >= 15 is 0 Å². The Kier molecular flexibility index (Phi) is 7.11. The number of nitrogens with zero attached hydrogens (tertiary/aromatic N) is 1. The molecule has 0 unspecified atom stereocenters. The quantitative estimate of drug-likeness (QED) is 0.665. The summed E-state index contributed by atoms with van der Waals surface area (Å²) in [6.07, 6.45) is 4.05. The van der Waals surface area contributed by atoms with Crippen LogP contribution in [0.3, 0.4) is 0 Å². The van der Waals surface area contributed by atoms with E-state index in [9.17, 15) is 0 Å². The van der Waals surface area contributed by atoms with Crippen LogP contribution in [-0.4, -0.2) is 4.98 Å². The van der Waals surface area contributed by atoms with Gasteiger partial charge in [0.2, 0.25) is 0 Å². The van der Waals surface area contributed by atoms with Crippen LogP contribution >= 0.6 is 31.9 Å². The van der Waals surface area contributed by atoms with E-state index in [1.165, 1.54) is 0 Å². The highest BCUT2D eigenvalue weighted by Crippen LogP contribution is 2.23. The van der Waals surface area contributed by atoms with Crippen molar-refractivity contribution in [2.45, 2.75) is 27.7 Å².